The number of nitrogens with one attached hydrogen (secondary N) is 3. The molecule has 26 heteroatoms. The number of nitrogens with two attached hydrogens (primary N) is 1. The normalized spacial score (nSPS) is 10.6. The molecule has 0 spiro atoms. The molecular weight excluding hydrogens is 1200 g/mol. The highest BCUT2D eigenvalue weighted by Gasteiger charge is 2.18. The molecule has 448 valence electrons. The topological polar surface area (TPSA) is 331 Å². The predicted molar refractivity (Wildman–Crippen MR) is 338 cm³/mol. The SMILES string of the molecule is C.C.COC(=O)c1ccnc(Cc2cc(-c3nn[nH]n3)c3ncc(Cl)cc3c2)c1.COC(=O)c1ccnc(Cc2cc(C#N)c3ncc(Cl)cc3c2)c1.Cc1cc(N)nc(C)c1CNC(=O)c1ccnc(Cc2cc(-c3nn[nH]n3)c3ncc(Cl)cc3c2)c1. The molecule has 0 aliphatic carbocycles. The zero-order valence-corrected chi connectivity index (χ0v) is 48.8. The first kappa shape index (κ1) is 64.2. The van der Waals surface area contributed by atoms with Gasteiger partial charge in [-0.25, -0.2) is 14.6 Å². The van der Waals surface area contributed by atoms with Crippen LogP contribution in [0.2, 0.25) is 15.1 Å². The fourth-order valence-electron chi connectivity index (χ4n) is 9.55. The van der Waals surface area contributed by atoms with Crippen molar-refractivity contribution < 1.29 is 23.9 Å². The van der Waals surface area contributed by atoms with Crippen LogP contribution in [0.1, 0.15) is 102 Å². The standard InChI is InChI=1S/C25H22ClN9O.C18H13ClN6O2.C18H12ClN3O2.2CH4/c1-13-5-22(27)31-14(2)21(13)12-30-25(36)16-3-4-28-19(10-16)7-15-6-17-9-18(26)11-29-23(17)20(8-15)24-32-34-35-33-24;1-27-18(26)11-2-3-20-14(8-11)5-10-4-12-7-13(19)9-21-16(12)15(6-10)17-22-24-25-23-17;1-24-18(23)12-2-3-21-16(8-12)6-11-4-13-7-15(19)10-22-17(13)14(5-11)9-20;;/h3-6,8-11H,7,12H2,1-2H3,(H2,27,31)(H,30,36)(H,32,33,34,35);2-4,6-9H,5H2,1H3,(H,22,23,24,25);2-5,7-8,10H,6H2,1H3;2*1H4. The van der Waals surface area contributed by atoms with E-state index in [4.69, 9.17) is 50.0 Å². The van der Waals surface area contributed by atoms with Gasteiger partial charge in [0, 0.05) is 119 Å². The molecule has 0 unspecified atom stereocenters. The van der Waals surface area contributed by atoms with Gasteiger partial charge in [0.1, 0.15) is 11.9 Å². The van der Waals surface area contributed by atoms with Gasteiger partial charge < -0.3 is 20.5 Å². The maximum absolute atomic E-state index is 12.9. The summed E-state index contributed by atoms with van der Waals surface area (Å²) in [5.74, 6) is 0.323. The van der Waals surface area contributed by atoms with Gasteiger partial charge in [-0.2, -0.15) is 15.7 Å². The molecule has 5 N–H and O–H groups in total. The smallest absolute Gasteiger partial charge is 0.337 e. The number of fused-ring (bicyclic) bond motifs is 3. The number of anilines is 1. The van der Waals surface area contributed by atoms with Crippen molar-refractivity contribution in [2.75, 3.05) is 20.0 Å². The molecule has 0 atom stereocenters. The minimum atomic E-state index is -0.411. The highest BCUT2D eigenvalue weighted by Crippen LogP contribution is 2.31. The number of tetrazole rings is 2. The van der Waals surface area contributed by atoms with E-state index in [1.807, 2.05) is 56.3 Å². The number of aromatic amines is 2. The number of methoxy groups -OCH3 is 2. The van der Waals surface area contributed by atoms with Crippen molar-refractivity contribution in [1.29, 1.82) is 5.26 Å². The number of hydrogen-bond acceptors (Lipinski definition) is 20. The third-order valence-electron chi connectivity index (χ3n) is 13.4. The number of H-pyrrole nitrogens is 2. The average Bonchev–Trinajstić information content (AvgIpc) is 2.31. The van der Waals surface area contributed by atoms with E-state index in [0.717, 1.165) is 77.7 Å². The molecule has 89 heavy (non-hydrogen) atoms. The largest absolute Gasteiger partial charge is 0.465 e. The zero-order valence-electron chi connectivity index (χ0n) is 46.5. The monoisotopic (exact) mass is 1250 g/mol. The Balaban J connectivity index is 0.000000175. The van der Waals surface area contributed by atoms with E-state index in [2.05, 4.69) is 87.5 Å². The Morgan fingerprint density at radius 3 is 1.43 bits per heavy atom. The molecule has 0 bridgehead atoms. The van der Waals surface area contributed by atoms with Crippen LogP contribution in [-0.2, 0) is 35.3 Å². The van der Waals surface area contributed by atoms with Crippen LogP contribution in [-0.4, -0.2) is 108 Å². The third-order valence-corrected chi connectivity index (χ3v) is 14.1. The zero-order chi connectivity index (χ0) is 61.1. The van der Waals surface area contributed by atoms with Crippen LogP contribution in [0.5, 0.6) is 0 Å². The number of nitriles is 1. The lowest BCUT2D eigenvalue weighted by Crippen LogP contribution is -2.24. The molecule has 9 aromatic heterocycles. The average molecular weight is 1250 g/mol. The summed E-state index contributed by atoms with van der Waals surface area (Å²) in [6.07, 6.45) is 10.9. The van der Waals surface area contributed by atoms with Gasteiger partial charge >= 0.3 is 11.9 Å². The number of rotatable bonds is 13. The van der Waals surface area contributed by atoms with Crippen LogP contribution in [0.4, 0.5) is 5.82 Å². The molecule has 0 radical (unpaired) electrons. The number of carbonyl (C=O) groups excluding carboxylic acids is 3. The summed E-state index contributed by atoms with van der Waals surface area (Å²) in [5, 5.41) is 44.9. The summed E-state index contributed by atoms with van der Waals surface area (Å²) < 4.78 is 9.48. The highest BCUT2D eigenvalue weighted by molar-refractivity contribution is 6.32. The van der Waals surface area contributed by atoms with Crippen molar-refractivity contribution in [1.82, 2.24) is 81.5 Å². The van der Waals surface area contributed by atoms with Crippen molar-refractivity contribution in [2.24, 2.45) is 0 Å². The van der Waals surface area contributed by atoms with Gasteiger partial charge in [0.05, 0.1) is 62.5 Å². The molecule has 0 aliphatic rings. The highest BCUT2D eigenvalue weighted by atomic mass is 35.5. The minimum Gasteiger partial charge on any atom is -0.465 e. The van der Waals surface area contributed by atoms with Crippen LogP contribution >= 0.6 is 34.8 Å². The second-order valence-electron chi connectivity index (χ2n) is 19.4. The van der Waals surface area contributed by atoms with Gasteiger partial charge in [0.2, 0.25) is 11.6 Å². The number of nitrogen functional groups attached to an aromatic ring is 1. The number of amides is 1. The number of pyridine rings is 7. The van der Waals surface area contributed by atoms with Crippen LogP contribution in [0.25, 0.3) is 55.5 Å². The quantitative estimate of drug-likeness (QED) is 0.0779. The van der Waals surface area contributed by atoms with Crippen molar-refractivity contribution in [3.05, 3.63) is 222 Å². The summed E-state index contributed by atoms with van der Waals surface area (Å²) >= 11 is 18.3. The lowest BCUT2D eigenvalue weighted by Gasteiger charge is -2.12. The Bertz CT molecular complexity index is 4580. The Labute approximate surface area is 524 Å². The molecule has 3 aromatic carbocycles. The summed E-state index contributed by atoms with van der Waals surface area (Å²) in [6.45, 7) is 4.19. The van der Waals surface area contributed by atoms with E-state index >= 15 is 0 Å². The molecule has 0 fully saturated rings. The predicted octanol–water partition coefficient (Wildman–Crippen LogP) is 11.2. The van der Waals surface area contributed by atoms with Gasteiger partial charge in [-0.15, -0.1) is 20.4 Å². The van der Waals surface area contributed by atoms with Gasteiger partial charge in [-0.05, 0) is 149 Å². The van der Waals surface area contributed by atoms with E-state index in [9.17, 15) is 19.6 Å². The first-order valence-electron chi connectivity index (χ1n) is 26.3. The Morgan fingerprint density at radius 2 is 1.00 bits per heavy atom. The third kappa shape index (κ3) is 15.6. The maximum Gasteiger partial charge on any atom is 0.337 e. The lowest BCUT2D eigenvalue weighted by atomic mass is 10.0. The molecular formula is C63H55Cl3N18O5. The summed E-state index contributed by atoms with van der Waals surface area (Å²) in [6, 6.07) is 31.0. The fourth-order valence-corrected chi connectivity index (χ4v) is 10.0. The van der Waals surface area contributed by atoms with E-state index in [0.29, 0.717) is 97.3 Å². The molecule has 9 heterocycles. The Hall–Kier alpha value is -10.8. The minimum absolute atomic E-state index is 0. The second-order valence-corrected chi connectivity index (χ2v) is 20.7. The van der Waals surface area contributed by atoms with Crippen molar-refractivity contribution >= 4 is 91.2 Å². The maximum atomic E-state index is 12.9. The van der Waals surface area contributed by atoms with Gasteiger partial charge in [-0.1, -0.05) is 49.7 Å². The van der Waals surface area contributed by atoms with Crippen LogP contribution < -0.4 is 11.1 Å². The molecule has 12 rings (SSSR count). The lowest BCUT2D eigenvalue weighted by molar-refractivity contribution is 0.0591. The fraction of sp³-hybridized carbons (Fsp3) is 0.159. The number of esters is 2. The number of aromatic nitrogens is 15. The van der Waals surface area contributed by atoms with Crippen molar-refractivity contribution in [3.8, 4) is 28.8 Å². The van der Waals surface area contributed by atoms with Gasteiger partial charge in [0.15, 0.2) is 0 Å². The van der Waals surface area contributed by atoms with Gasteiger partial charge in [-0.3, -0.25) is 34.7 Å². The van der Waals surface area contributed by atoms with E-state index in [1.54, 1.807) is 85.6 Å². The second kappa shape index (κ2) is 29.1. The Kier molecular flexibility index (Phi) is 21.0. The molecule has 0 saturated carbocycles. The van der Waals surface area contributed by atoms with Gasteiger partial charge in [0.25, 0.3) is 5.91 Å². The molecule has 0 aliphatic heterocycles. The summed E-state index contributed by atoms with van der Waals surface area (Å²) in [4.78, 5) is 66.7. The first-order valence-corrected chi connectivity index (χ1v) is 27.4. The van der Waals surface area contributed by atoms with E-state index in [1.165, 1.54) is 20.4 Å². The summed E-state index contributed by atoms with van der Waals surface area (Å²) in [5.41, 5.74) is 18.9. The molecule has 1 amide bonds. The van der Waals surface area contributed by atoms with Crippen LogP contribution in [0, 0.1) is 25.2 Å². The Morgan fingerprint density at radius 1 is 0.573 bits per heavy atom. The molecule has 23 nitrogen and oxygen atoms in total. The van der Waals surface area contributed by atoms with Crippen LogP contribution in [0.15, 0.2) is 134 Å². The molecule has 0 saturated heterocycles. The van der Waals surface area contributed by atoms with Crippen molar-refractivity contribution in [2.45, 2.75) is 54.5 Å². The van der Waals surface area contributed by atoms with E-state index < -0.39 is 11.9 Å². The first-order chi connectivity index (χ1) is 42.1. The number of aryl methyl sites for hydroxylation is 2. The number of halogens is 3. The molecule has 12 aromatic rings. The number of ether oxygens (including phenoxy) is 2. The number of carbonyl (C=O) groups is 3. The van der Waals surface area contributed by atoms with Crippen molar-refractivity contribution in [3.63, 3.8) is 0 Å². The van der Waals surface area contributed by atoms with E-state index in [-0.39, 0.29) is 20.8 Å². The summed E-state index contributed by atoms with van der Waals surface area (Å²) in [7, 11) is 2.68. The number of nitrogens with zero attached hydrogens (tertiary/aromatic N) is 14. The number of hydrogen-bond donors (Lipinski definition) is 4. The number of benzene rings is 3. The van der Waals surface area contributed by atoms with Crippen LogP contribution in [0.3, 0.4) is 0 Å².